The fraction of sp³-hybridized carbons (Fsp3) is 1.00. The van der Waals surface area contributed by atoms with Gasteiger partial charge in [-0.15, -0.1) is 0 Å². The van der Waals surface area contributed by atoms with Crippen molar-refractivity contribution in [2.24, 2.45) is 11.5 Å². The second kappa shape index (κ2) is 16.9. The number of ether oxygens (including phenoxy) is 1. The van der Waals surface area contributed by atoms with Crippen LogP contribution in [0.5, 0.6) is 0 Å². The van der Waals surface area contributed by atoms with Crippen LogP contribution in [0.2, 0.25) is 0 Å². The molecule has 0 radical (unpaired) electrons. The maximum Gasteiger partial charge on any atom is 0.103 e. The second-order valence-corrected chi connectivity index (χ2v) is 6.97. The Balaban J connectivity index is 0. The molecule has 0 aromatic carbocycles. The highest BCUT2D eigenvalue weighted by Gasteiger charge is 2.36. The van der Waals surface area contributed by atoms with Crippen molar-refractivity contribution in [1.82, 2.24) is 0 Å². The van der Waals surface area contributed by atoms with E-state index in [9.17, 15) is 5.11 Å². The van der Waals surface area contributed by atoms with Gasteiger partial charge in [-0.25, -0.2) is 0 Å². The maximum absolute atomic E-state index is 10.2. The molecule has 130 valence electrons. The van der Waals surface area contributed by atoms with Crippen molar-refractivity contribution in [3.8, 4) is 0 Å². The summed E-state index contributed by atoms with van der Waals surface area (Å²) in [5.41, 5.74) is 10.0. The lowest BCUT2D eigenvalue weighted by Gasteiger charge is -2.37. The van der Waals surface area contributed by atoms with Crippen molar-refractivity contribution in [1.29, 1.82) is 0 Å². The highest BCUT2D eigenvalue weighted by molar-refractivity contribution is 7.98. The number of aliphatic hydroxyl groups is 1. The van der Waals surface area contributed by atoms with Crippen molar-refractivity contribution in [3.05, 3.63) is 0 Å². The van der Waals surface area contributed by atoms with Gasteiger partial charge in [0, 0.05) is 12.6 Å². The SMILES string of the molecule is CCN.CSC.CSCCCOCC1(O)CCCCC1N. The van der Waals surface area contributed by atoms with E-state index in [1.54, 1.807) is 11.8 Å². The lowest BCUT2D eigenvalue weighted by molar-refractivity contribution is -0.0800. The van der Waals surface area contributed by atoms with E-state index >= 15 is 0 Å². The Hall–Kier alpha value is 0.540. The van der Waals surface area contributed by atoms with E-state index in [0.29, 0.717) is 6.61 Å². The van der Waals surface area contributed by atoms with Crippen LogP contribution in [0.25, 0.3) is 0 Å². The van der Waals surface area contributed by atoms with Gasteiger partial charge in [-0.05, 0) is 50.3 Å². The van der Waals surface area contributed by atoms with Crippen molar-refractivity contribution in [2.45, 2.75) is 50.7 Å². The smallest absolute Gasteiger partial charge is 0.103 e. The molecular formula is C15H36N2O2S2. The third-order valence-electron chi connectivity index (χ3n) is 3.05. The van der Waals surface area contributed by atoms with Crippen LogP contribution in [0.1, 0.15) is 39.0 Å². The Morgan fingerprint density at radius 3 is 2.33 bits per heavy atom. The summed E-state index contributed by atoms with van der Waals surface area (Å²) in [7, 11) is 0. The Bertz CT molecular complexity index is 210. The number of hydrogen-bond acceptors (Lipinski definition) is 6. The fourth-order valence-electron chi connectivity index (χ4n) is 1.98. The third kappa shape index (κ3) is 13.9. The molecule has 0 amide bonds. The number of nitrogens with two attached hydrogens (primary N) is 2. The van der Waals surface area contributed by atoms with Gasteiger partial charge in [0.2, 0.25) is 0 Å². The molecule has 0 aromatic rings. The molecule has 0 aliphatic heterocycles. The summed E-state index contributed by atoms with van der Waals surface area (Å²) < 4.78 is 5.51. The Kier molecular flexibility index (Phi) is 19.2. The molecule has 2 atom stereocenters. The molecular weight excluding hydrogens is 304 g/mol. The van der Waals surface area contributed by atoms with Gasteiger partial charge >= 0.3 is 0 Å². The number of thioether (sulfide) groups is 2. The highest BCUT2D eigenvalue weighted by atomic mass is 32.2. The molecule has 1 aliphatic rings. The van der Waals surface area contributed by atoms with Gasteiger partial charge in [0.25, 0.3) is 0 Å². The van der Waals surface area contributed by atoms with E-state index in [0.717, 1.165) is 51.0 Å². The van der Waals surface area contributed by atoms with E-state index < -0.39 is 5.60 Å². The topological polar surface area (TPSA) is 81.5 Å². The zero-order valence-electron chi connectivity index (χ0n) is 14.3. The minimum atomic E-state index is -0.766. The molecule has 0 saturated heterocycles. The van der Waals surface area contributed by atoms with Crippen LogP contribution >= 0.6 is 23.5 Å². The van der Waals surface area contributed by atoms with Crippen molar-refractivity contribution >= 4 is 23.5 Å². The summed E-state index contributed by atoms with van der Waals surface area (Å²) in [6.45, 7) is 3.79. The van der Waals surface area contributed by atoms with Crippen LogP contribution in [0.4, 0.5) is 0 Å². The summed E-state index contributed by atoms with van der Waals surface area (Å²) in [5.74, 6) is 1.12. The molecule has 0 aromatic heterocycles. The first-order valence-electron chi connectivity index (χ1n) is 7.67. The zero-order valence-corrected chi connectivity index (χ0v) is 15.9. The Morgan fingerprint density at radius 1 is 1.29 bits per heavy atom. The molecule has 0 bridgehead atoms. The van der Waals surface area contributed by atoms with E-state index in [4.69, 9.17) is 16.2 Å². The quantitative estimate of drug-likeness (QED) is 0.644. The van der Waals surface area contributed by atoms with Gasteiger partial charge in [-0.2, -0.15) is 23.5 Å². The largest absolute Gasteiger partial charge is 0.386 e. The zero-order chi connectivity index (χ0) is 16.6. The van der Waals surface area contributed by atoms with Gasteiger partial charge in [0.15, 0.2) is 0 Å². The maximum atomic E-state index is 10.2. The lowest BCUT2D eigenvalue weighted by Crippen LogP contribution is -2.53. The monoisotopic (exact) mass is 340 g/mol. The summed E-state index contributed by atoms with van der Waals surface area (Å²) >= 11 is 3.57. The average Bonchev–Trinajstić information content (AvgIpc) is 2.44. The molecule has 6 heteroatoms. The van der Waals surface area contributed by atoms with E-state index in [1.165, 1.54) is 0 Å². The number of rotatable bonds is 6. The molecule has 0 spiro atoms. The van der Waals surface area contributed by atoms with Crippen LogP contribution in [0.3, 0.4) is 0 Å². The summed E-state index contributed by atoms with van der Waals surface area (Å²) in [6, 6.07) is -0.105. The molecule has 5 N–H and O–H groups in total. The minimum Gasteiger partial charge on any atom is -0.386 e. The first-order valence-corrected chi connectivity index (χ1v) is 10.7. The van der Waals surface area contributed by atoms with Crippen molar-refractivity contribution in [2.75, 3.05) is 44.3 Å². The predicted octanol–water partition coefficient (Wildman–Crippen LogP) is 2.33. The van der Waals surface area contributed by atoms with Crippen LogP contribution in [-0.4, -0.2) is 61.0 Å². The molecule has 1 aliphatic carbocycles. The minimum absolute atomic E-state index is 0.105. The Labute approximate surface area is 140 Å². The summed E-state index contributed by atoms with van der Waals surface area (Å²) in [6.07, 6.45) is 11.1. The summed E-state index contributed by atoms with van der Waals surface area (Å²) in [4.78, 5) is 0. The lowest BCUT2D eigenvalue weighted by atomic mass is 9.81. The first kappa shape index (κ1) is 23.8. The molecule has 1 fully saturated rings. The van der Waals surface area contributed by atoms with Crippen LogP contribution in [-0.2, 0) is 4.74 Å². The molecule has 21 heavy (non-hydrogen) atoms. The normalized spacial score (nSPS) is 24.4. The third-order valence-corrected chi connectivity index (χ3v) is 3.75. The highest BCUT2D eigenvalue weighted by Crippen LogP contribution is 2.27. The van der Waals surface area contributed by atoms with Crippen molar-refractivity contribution < 1.29 is 9.84 Å². The summed E-state index contributed by atoms with van der Waals surface area (Å²) in [5, 5.41) is 10.2. The average molecular weight is 341 g/mol. The van der Waals surface area contributed by atoms with Gasteiger partial charge in [-0.3, -0.25) is 0 Å². The van der Waals surface area contributed by atoms with Crippen LogP contribution < -0.4 is 11.5 Å². The molecule has 1 rings (SSSR count). The van der Waals surface area contributed by atoms with E-state index in [2.05, 4.69) is 6.26 Å². The first-order chi connectivity index (χ1) is 10.0. The second-order valence-electron chi connectivity index (χ2n) is 5.17. The van der Waals surface area contributed by atoms with Crippen LogP contribution in [0, 0.1) is 0 Å². The van der Waals surface area contributed by atoms with Gasteiger partial charge < -0.3 is 21.3 Å². The van der Waals surface area contributed by atoms with Gasteiger partial charge in [0.05, 0.1) is 6.61 Å². The fourth-order valence-corrected chi connectivity index (χ4v) is 2.39. The van der Waals surface area contributed by atoms with Crippen molar-refractivity contribution in [3.63, 3.8) is 0 Å². The van der Waals surface area contributed by atoms with Gasteiger partial charge in [-0.1, -0.05) is 19.8 Å². The Morgan fingerprint density at radius 2 is 1.86 bits per heavy atom. The van der Waals surface area contributed by atoms with E-state index in [1.807, 2.05) is 31.2 Å². The molecule has 2 unspecified atom stereocenters. The standard InChI is InChI=1S/C11H23NO2S.C2H7N.C2H6S/c1-15-8-4-7-14-9-11(13)6-3-2-5-10(11)12;1-2-3;1-3-2/h10,13H,2-9,12H2,1H3;2-3H2,1H3;1-2H3. The molecule has 4 nitrogen and oxygen atoms in total. The number of hydrogen-bond donors (Lipinski definition) is 3. The molecule has 0 heterocycles. The van der Waals surface area contributed by atoms with Gasteiger partial charge in [0.1, 0.15) is 5.60 Å². The molecule has 1 saturated carbocycles. The van der Waals surface area contributed by atoms with E-state index in [-0.39, 0.29) is 6.04 Å². The van der Waals surface area contributed by atoms with Crippen LogP contribution in [0.15, 0.2) is 0 Å². The predicted molar refractivity (Wildman–Crippen MR) is 99.4 cm³/mol.